The highest BCUT2D eigenvalue weighted by Gasteiger charge is 2.34. The summed E-state index contributed by atoms with van der Waals surface area (Å²) in [6.45, 7) is 3.66. The van der Waals surface area contributed by atoms with Crippen molar-refractivity contribution in [3.05, 3.63) is 54.1 Å². The first-order valence-corrected chi connectivity index (χ1v) is 12.3. The van der Waals surface area contributed by atoms with E-state index in [4.69, 9.17) is 0 Å². The summed E-state index contributed by atoms with van der Waals surface area (Å²) in [7, 11) is -3.68. The van der Waals surface area contributed by atoms with Gasteiger partial charge in [-0.3, -0.25) is 24.4 Å². The third-order valence-electron chi connectivity index (χ3n) is 5.77. The number of nitrogens with one attached hydrogen (secondary N) is 1. The van der Waals surface area contributed by atoms with E-state index in [9.17, 15) is 22.8 Å². The first-order chi connectivity index (χ1) is 15.2. The van der Waals surface area contributed by atoms with Gasteiger partial charge in [-0.25, -0.2) is 8.42 Å². The molecule has 1 aromatic heterocycles. The van der Waals surface area contributed by atoms with Crippen LogP contribution in [-0.2, 0) is 37.2 Å². The lowest BCUT2D eigenvalue weighted by Crippen LogP contribution is -2.37. The first-order valence-electron chi connectivity index (χ1n) is 10.6. The second-order valence-electron chi connectivity index (χ2n) is 8.35. The van der Waals surface area contributed by atoms with Crippen molar-refractivity contribution in [3.63, 3.8) is 0 Å². The van der Waals surface area contributed by atoms with Crippen LogP contribution in [0.3, 0.4) is 0 Å². The number of rotatable bonds is 7. The van der Waals surface area contributed by atoms with Gasteiger partial charge in [0, 0.05) is 30.7 Å². The molecule has 170 valence electrons. The van der Waals surface area contributed by atoms with Gasteiger partial charge in [0.05, 0.1) is 28.6 Å². The molecular weight excluding hydrogens is 430 g/mol. The summed E-state index contributed by atoms with van der Waals surface area (Å²) in [5.74, 6) is -3.96. The van der Waals surface area contributed by atoms with Crippen LogP contribution in [0, 0.1) is 17.8 Å². The average molecular weight is 458 g/mol. The number of hydrogen-bond acceptors (Lipinski definition) is 7. The number of benzene rings is 1. The SMILES string of the molecule is CC(C)C(CS(=O)(=O)c1ccccc1)C(=O)CC1CCc2nccnc2CNC(=O)C1=O. The smallest absolute Gasteiger partial charge is 0.287 e. The van der Waals surface area contributed by atoms with Gasteiger partial charge >= 0.3 is 0 Å². The number of Topliss-reactive ketones (excluding diaryl/α,β-unsaturated/α-hetero) is 2. The molecule has 32 heavy (non-hydrogen) atoms. The van der Waals surface area contributed by atoms with Crippen LogP contribution < -0.4 is 5.32 Å². The molecule has 8 nitrogen and oxygen atoms in total. The summed E-state index contributed by atoms with van der Waals surface area (Å²) in [5.41, 5.74) is 1.27. The van der Waals surface area contributed by atoms with E-state index in [1.54, 1.807) is 38.2 Å². The molecule has 0 aliphatic carbocycles. The van der Waals surface area contributed by atoms with Crippen LogP contribution in [0.2, 0.25) is 0 Å². The number of ketones is 2. The fraction of sp³-hybridized carbons (Fsp3) is 0.435. The second-order valence-corrected chi connectivity index (χ2v) is 10.4. The summed E-state index contributed by atoms with van der Waals surface area (Å²) < 4.78 is 25.7. The molecule has 0 bridgehead atoms. The minimum Gasteiger partial charge on any atom is -0.344 e. The van der Waals surface area contributed by atoms with Crippen molar-refractivity contribution in [2.45, 2.75) is 44.6 Å². The molecule has 1 N–H and O–H groups in total. The Labute approximate surface area is 187 Å². The minimum atomic E-state index is -3.68. The Morgan fingerprint density at radius 2 is 1.75 bits per heavy atom. The number of sulfone groups is 1. The normalized spacial score (nSPS) is 18.2. The van der Waals surface area contributed by atoms with Gasteiger partial charge in [0.2, 0.25) is 5.78 Å². The third-order valence-corrected chi connectivity index (χ3v) is 7.56. The molecule has 0 saturated heterocycles. The van der Waals surface area contributed by atoms with E-state index in [0.29, 0.717) is 17.8 Å². The van der Waals surface area contributed by atoms with Crippen LogP contribution in [0.25, 0.3) is 0 Å². The molecule has 9 heteroatoms. The molecule has 1 aromatic carbocycles. The summed E-state index contributed by atoms with van der Waals surface area (Å²) in [6.07, 6.45) is 3.54. The molecule has 2 atom stereocenters. The van der Waals surface area contributed by atoms with Crippen LogP contribution in [0.15, 0.2) is 47.6 Å². The minimum absolute atomic E-state index is 0.0956. The third kappa shape index (κ3) is 5.64. The zero-order chi connectivity index (χ0) is 23.3. The van der Waals surface area contributed by atoms with Gasteiger partial charge in [0.25, 0.3) is 5.91 Å². The van der Waals surface area contributed by atoms with Crippen LogP contribution in [0.5, 0.6) is 0 Å². The molecular formula is C23H27N3O5S. The Morgan fingerprint density at radius 1 is 1.09 bits per heavy atom. The standard InChI is InChI=1S/C23H27N3O5S/c1-15(2)18(14-32(30,31)17-6-4-3-5-7-17)21(27)12-16-8-9-19-20(25-11-10-24-19)13-26-23(29)22(16)28/h3-7,10-11,15-16,18H,8-9,12-14H2,1-2H3,(H,26,29). The summed E-state index contributed by atoms with van der Waals surface area (Å²) in [6, 6.07) is 7.99. The number of carbonyl (C=O) groups is 3. The zero-order valence-corrected chi connectivity index (χ0v) is 19.0. The van der Waals surface area contributed by atoms with Crippen LogP contribution in [-0.4, -0.2) is 41.6 Å². The van der Waals surface area contributed by atoms with Crippen molar-refractivity contribution in [2.24, 2.45) is 17.8 Å². The Hall–Kier alpha value is -2.94. The summed E-state index contributed by atoms with van der Waals surface area (Å²) in [4.78, 5) is 46.9. The van der Waals surface area contributed by atoms with Gasteiger partial charge in [-0.2, -0.15) is 0 Å². The van der Waals surface area contributed by atoms with Gasteiger partial charge in [-0.1, -0.05) is 32.0 Å². The molecule has 1 amide bonds. The molecule has 1 aliphatic heterocycles. The molecule has 2 heterocycles. The Bertz CT molecular complexity index is 1100. The molecule has 0 radical (unpaired) electrons. The summed E-state index contributed by atoms with van der Waals surface area (Å²) >= 11 is 0. The van der Waals surface area contributed by atoms with Gasteiger partial charge in [0.15, 0.2) is 9.84 Å². The van der Waals surface area contributed by atoms with Crippen LogP contribution in [0.1, 0.15) is 38.1 Å². The van der Waals surface area contributed by atoms with Crippen molar-refractivity contribution in [2.75, 3.05) is 5.75 Å². The molecule has 1 aliphatic rings. The Balaban J connectivity index is 1.79. The van der Waals surface area contributed by atoms with Crippen molar-refractivity contribution < 1.29 is 22.8 Å². The molecule has 3 rings (SSSR count). The predicted octanol–water partition coefficient (Wildman–Crippen LogP) is 1.93. The van der Waals surface area contributed by atoms with E-state index in [-0.39, 0.29) is 41.7 Å². The van der Waals surface area contributed by atoms with Crippen molar-refractivity contribution in [3.8, 4) is 0 Å². The largest absolute Gasteiger partial charge is 0.344 e. The quantitative estimate of drug-likeness (QED) is 0.630. The fourth-order valence-corrected chi connectivity index (χ4v) is 5.65. The number of amides is 1. The van der Waals surface area contributed by atoms with Gasteiger partial charge in [-0.05, 0) is 30.9 Å². The lowest BCUT2D eigenvalue weighted by Gasteiger charge is -2.22. The van der Waals surface area contributed by atoms with E-state index in [1.165, 1.54) is 18.3 Å². The number of aryl methyl sites for hydroxylation is 1. The van der Waals surface area contributed by atoms with Gasteiger partial charge < -0.3 is 5.32 Å². The number of nitrogens with zero attached hydrogens (tertiary/aromatic N) is 2. The van der Waals surface area contributed by atoms with Gasteiger partial charge in [-0.15, -0.1) is 0 Å². The topological polar surface area (TPSA) is 123 Å². The highest BCUT2D eigenvalue weighted by atomic mass is 32.2. The molecule has 2 unspecified atom stereocenters. The first kappa shape index (κ1) is 23.7. The number of aromatic nitrogens is 2. The fourth-order valence-electron chi connectivity index (χ4n) is 3.84. The van der Waals surface area contributed by atoms with Crippen LogP contribution >= 0.6 is 0 Å². The number of hydrogen-bond donors (Lipinski definition) is 1. The van der Waals surface area contributed by atoms with E-state index >= 15 is 0 Å². The monoisotopic (exact) mass is 457 g/mol. The number of fused-ring (bicyclic) bond motifs is 1. The van der Waals surface area contributed by atoms with E-state index in [1.807, 2.05) is 0 Å². The lowest BCUT2D eigenvalue weighted by atomic mass is 9.84. The maximum Gasteiger partial charge on any atom is 0.287 e. The van der Waals surface area contributed by atoms with Gasteiger partial charge in [0.1, 0.15) is 5.78 Å². The Kier molecular flexibility index (Phi) is 7.50. The van der Waals surface area contributed by atoms with Crippen molar-refractivity contribution in [1.29, 1.82) is 0 Å². The summed E-state index contributed by atoms with van der Waals surface area (Å²) in [5, 5.41) is 2.55. The zero-order valence-electron chi connectivity index (χ0n) is 18.2. The molecule has 0 saturated carbocycles. The molecule has 0 spiro atoms. The second kappa shape index (κ2) is 10.1. The Morgan fingerprint density at radius 3 is 2.41 bits per heavy atom. The molecule has 2 aromatic rings. The lowest BCUT2D eigenvalue weighted by molar-refractivity contribution is -0.141. The van der Waals surface area contributed by atoms with Crippen LogP contribution in [0.4, 0.5) is 0 Å². The average Bonchev–Trinajstić information content (AvgIpc) is 2.83. The van der Waals surface area contributed by atoms with Crippen molar-refractivity contribution >= 4 is 27.3 Å². The maximum absolute atomic E-state index is 13.2. The van der Waals surface area contributed by atoms with E-state index < -0.39 is 33.4 Å². The maximum atomic E-state index is 13.2. The van der Waals surface area contributed by atoms with Crippen molar-refractivity contribution in [1.82, 2.24) is 15.3 Å². The van der Waals surface area contributed by atoms with E-state index in [2.05, 4.69) is 15.3 Å². The highest BCUT2D eigenvalue weighted by Crippen LogP contribution is 2.25. The molecule has 0 fully saturated rings. The van der Waals surface area contributed by atoms with E-state index in [0.717, 1.165) is 0 Å². The highest BCUT2D eigenvalue weighted by molar-refractivity contribution is 7.91. The number of carbonyl (C=O) groups excluding carboxylic acids is 3. The predicted molar refractivity (Wildman–Crippen MR) is 117 cm³/mol.